The quantitative estimate of drug-likeness (QED) is 0.569. The van der Waals surface area contributed by atoms with E-state index in [4.69, 9.17) is 34.8 Å². The highest BCUT2D eigenvalue weighted by Crippen LogP contribution is 2.38. The zero-order valence-corrected chi connectivity index (χ0v) is 16.4. The van der Waals surface area contributed by atoms with Crippen LogP contribution in [0.15, 0.2) is 42.5 Å². The van der Waals surface area contributed by atoms with Crippen LogP contribution in [0, 0.1) is 0 Å². The second kappa shape index (κ2) is 7.70. The van der Waals surface area contributed by atoms with Gasteiger partial charge in [-0.3, -0.25) is 9.89 Å². The summed E-state index contributed by atoms with van der Waals surface area (Å²) in [6.45, 7) is 3.79. The molecule has 0 unspecified atom stereocenters. The summed E-state index contributed by atoms with van der Waals surface area (Å²) in [7, 11) is 0. The molecule has 1 aromatic heterocycles. The number of hydrogen-bond donors (Lipinski definition) is 2. The molecule has 0 spiro atoms. The van der Waals surface area contributed by atoms with Gasteiger partial charge in [0.2, 0.25) is 0 Å². The number of rotatable bonds is 4. The predicted molar refractivity (Wildman–Crippen MR) is 107 cm³/mol. The Morgan fingerprint density at radius 2 is 1.69 bits per heavy atom. The summed E-state index contributed by atoms with van der Waals surface area (Å²) in [5.41, 5.74) is 3.08. The first-order valence-electron chi connectivity index (χ1n) is 7.97. The number of halogens is 3. The molecular formula is C19H16Cl3N3O. The largest absolute Gasteiger partial charge is 0.349 e. The maximum Gasteiger partial charge on any atom is 0.270 e. The van der Waals surface area contributed by atoms with Crippen molar-refractivity contribution in [2.45, 2.75) is 19.9 Å². The summed E-state index contributed by atoms with van der Waals surface area (Å²) in [5.74, 6) is -0.242. The highest BCUT2D eigenvalue weighted by atomic mass is 35.5. The number of aromatic nitrogens is 2. The Morgan fingerprint density at radius 1 is 1.04 bits per heavy atom. The lowest BCUT2D eigenvalue weighted by Crippen LogP contribution is -2.30. The first-order valence-corrected chi connectivity index (χ1v) is 9.10. The van der Waals surface area contributed by atoms with E-state index in [0.717, 1.165) is 5.56 Å². The molecule has 0 saturated carbocycles. The molecule has 2 aromatic carbocycles. The molecule has 134 valence electrons. The maximum absolute atomic E-state index is 12.6. The lowest BCUT2D eigenvalue weighted by Gasteiger charge is -2.10. The van der Waals surface area contributed by atoms with Crippen LogP contribution in [0.1, 0.15) is 24.3 Å². The molecule has 0 atom stereocenters. The van der Waals surface area contributed by atoms with Crippen molar-refractivity contribution in [3.63, 3.8) is 0 Å². The molecule has 26 heavy (non-hydrogen) atoms. The molecule has 7 heteroatoms. The molecule has 0 aliphatic carbocycles. The molecule has 0 aliphatic heterocycles. The van der Waals surface area contributed by atoms with Crippen LogP contribution in [0.25, 0.3) is 22.4 Å². The first-order chi connectivity index (χ1) is 12.4. The average molecular weight is 409 g/mol. The molecule has 1 amide bonds. The van der Waals surface area contributed by atoms with Gasteiger partial charge in [-0.05, 0) is 49.7 Å². The van der Waals surface area contributed by atoms with Crippen molar-refractivity contribution in [2.75, 3.05) is 0 Å². The Bertz CT molecular complexity index is 949. The fourth-order valence-corrected chi connectivity index (χ4v) is 3.24. The normalized spacial score (nSPS) is 11.0. The van der Waals surface area contributed by atoms with E-state index in [2.05, 4.69) is 15.5 Å². The van der Waals surface area contributed by atoms with Crippen molar-refractivity contribution in [1.29, 1.82) is 0 Å². The summed E-state index contributed by atoms with van der Waals surface area (Å²) in [6.07, 6.45) is 0. The smallest absolute Gasteiger partial charge is 0.270 e. The molecule has 0 aliphatic rings. The number of nitrogens with zero attached hydrogens (tertiary/aromatic N) is 1. The van der Waals surface area contributed by atoms with E-state index in [1.165, 1.54) is 0 Å². The van der Waals surface area contributed by atoms with Crippen LogP contribution in [0.2, 0.25) is 15.1 Å². The molecule has 0 saturated heterocycles. The summed E-state index contributed by atoms with van der Waals surface area (Å²) in [5, 5.41) is 11.7. The van der Waals surface area contributed by atoms with Gasteiger partial charge in [-0.1, -0.05) is 46.9 Å². The molecular weight excluding hydrogens is 393 g/mol. The average Bonchev–Trinajstić information content (AvgIpc) is 3.00. The number of carbonyl (C=O) groups excluding carboxylic acids is 1. The van der Waals surface area contributed by atoms with E-state index in [9.17, 15) is 4.79 Å². The highest BCUT2D eigenvalue weighted by molar-refractivity contribution is 6.36. The van der Waals surface area contributed by atoms with Crippen LogP contribution < -0.4 is 5.32 Å². The van der Waals surface area contributed by atoms with Gasteiger partial charge in [0.1, 0.15) is 11.4 Å². The van der Waals surface area contributed by atoms with E-state index in [1.54, 1.807) is 30.3 Å². The predicted octanol–water partition coefficient (Wildman–Crippen LogP) is 5.84. The van der Waals surface area contributed by atoms with E-state index in [0.29, 0.717) is 37.6 Å². The number of amides is 1. The standard InChI is InChI=1S/C19H16Cl3N3O/c1-10(2)23-19(26)18-16(11-3-5-12(20)6-4-11)17(24-25-18)14-8-7-13(21)9-15(14)22/h3-10H,1-2H3,(H,23,26)(H,24,25). The minimum Gasteiger partial charge on any atom is -0.349 e. The fourth-order valence-electron chi connectivity index (χ4n) is 2.61. The van der Waals surface area contributed by atoms with Crippen LogP contribution in [-0.4, -0.2) is 22.1 Å². The van der Waals surface area contributed by atoms with Crippen LogP contribution in [-0.2, 0) is 0 Å². The zero-order chi connectivity index (χ0) is 18.8. The lowest BCUT2D eigenvalue weighted by atomic mass is 9.98. The number of nitrogens with one attached hydrogen (secondary N) is 2. The molecule has 2 N–H and O–H groups in total. The van der Waals surface area contributed by atoms with Crippen molar-refractivity contribution in [1.82, 2.24) is 15.5 Å². The zero-order valence-electron chi connectivity index (χ0n) is 14.1. The van der Waals surface area contributed by atoms with E-state index in [1.807, 2.05) is 26.0 Å². The summed E-state index contributed by atoms with van der Waals surface area (Å²) in [4.78, 5) is 12.6. The maximum atomic E-state index is 12.6. The molecule has 0 radical (unpaired) electrons. The number of hydrogen-bond acceptors (Lipinski definition) is 2. The fraction of sp³-hybridized carbons (Fsp3) is 0.158. The van der Waals surface area contributed by atoms with Crippen molar-refractivity contribution < 1.29 is 4.79 Å². The Balaban J connectivity index is 2.20. The van der Waals surface area contributed by atoms with Gasteiger partial charge in [0, 0.05) is 27.2 Å². The van der Waals surface area contributed by atoms with Gasteiger partial charge in [-0.2, -0.15) is 5.10 Å². The van der Waals surface area contributed by atoms with Crippen molar-refractivity contribution in [2.24, 2.45) is 0 Å². The van der Waals surface area contributed by atoms with Gasteiger partial charge in [0.25, 0.3) is 5.91 Å². The molecule has 3 aromatic rings. The minimum atomic E-state index is -0.242. The van der Waals surface area contributed by atoms with Crippen molar-refractivity contribution in [3.8, 4) is 22.4 Å². The Morgan fingerprint density at radius 3 is 2.31 bits per heavy atom. The number of benzene rings is 2. The molecule has 0 fully saturated rings. The van der Waals surface area contributed by atoms with E-state index in [-0.39, 0.29) is 11.9 Å². The second-order valence-electron chi connectivity index (χ2n) is 6.08. The van der Waals surface area contributed by atoms with Gasteiger partial charge < -0.3 is 5.32 Å². The van der Waals surface area contributed by atoms with E-state index < -0.39 is 0 Å². The Labute approximate surface area is 166 Å². The third-order valence-electron chi connectivity index (χ3n) is 3.73. The van der Waals surface area contributed by atoms with Crippen LogP contribution in [0.3, 0.4) is 0 Å². The topological polar surface area (TPSA) is 57.8 Å². The summed E-state index contributed by atoms with van der Waals surface area (Å²) in [6, 6.07) is 12.4. The molecule has 3 rings (SSSR count). The Kier molecular flexibility index (Phi) is 5.56. The molecule has 0 bridgehead atoms. The van der Waals surface area contributed by atoms with Gasteiger partial charge in [0.05, 0.1) is 5.02 Å². The SMILES string of the molecule is CC(C)NC(=O)c1[nH]nc(-c2ccc(Cl)cc2Cl)c1-c1ccc(Cl)cc1. The molecule has 1 heterocycles. The van der Waals surface area contributed by atoms with Crippen LogP contribution >= 0.6 is 34.8 Å². The molecule has 4 nitrogen and oxygen atoms in total. The van der Waals surface area contributed by atoms with E-state index >= 15 is 0 Å². The highest BCUT2D eigenvalue weighted by Gasteiger charge is 2.23. The first kappa shape index (κ1) is 18.8. The monoisotopic (exact) mass is 407 g/mol. The third kappa shape index (κ3) is 3.88. The third-order valence-corrected chi connectivity index (χ3v) is 4.53. The summed E-state index contributed by atoms with van der Waals surface area (Å²) < 4.78 is 0. The number of aromatic amines is 1. The lowest BCUT2D eigenvalue weighted by molar-refractivity contribution is 0.0938. The number of carbonyl (C=O) groups is 1. The van der Waals surface area contributed by atoms with Gasteiger partial charge >= 0.3 is 0 Å². The van der Waals surface area contributed by atoms with Crippen LogP contribution in [0.4, 0.5) is 0 Å². The van der Waals surface area contributed by atoms with Gasteiger partial charge in [-0.15, -0.1) is 0 Å². The Hall–Kier alpha value is -2.01. The minimum absolute atomic E-state index is 0.00793. The van der Waals surface area contributed by atoms with Gasteiger partial charge in [0.15, 0.2) is 0 Å². The number of H-pyrrole nitrogens is 1. The van der Waals surface area contributed by atoms with Crippen molar-refractivity contribution >= 4 is 40.7 Å². The second-order valence-corrected chi connectivity index (χ2v) is 7.36. The van der Waals surface area contributed by atoms with Crippen molar-refractivity contribution in [3.05, 3.63) is 63.2 Å². The van der Waals surface area contributed by atoms with Crippen LogP contribution in [0.5, 0.6) is 0 Å². The van der Waals surface area contributed by atoms with Gasteiger partial charge in [-0.25, -0.2) is 0 Å². The summed E-state index contributed by atoms with van der Waals surface area (Å²) >= 11 is 18.4.